The molecule has 3 heterocycles. The zero-order valence-electron chi connectivity index (χ0n) is 23.9. The molecule has 0 aliphatic carbocycles. The number of aliphatic hydroxyl groups excluding tert-OH is 1. The minimum absolute atomic E-state index is 0.0978. The van der Waals surface area contributed by atoms with Crippen LogP contribution in [0.4, 0.5) is 17.1 Å². The van der Waals surface area contributed by atoms with Crippen molar-refractivity contribution in [1.29, 1.82) is 0 Å². The highest BCUT2D eigenvalue weighted by Gasteiger charge is 2.66. The van der Waals surface area contributed by atoms with Gasteiger partial charge in [-0.05, 0) is 56.1 Å². The number of carbonyl (C=O) groups is 2. The average molecular weight is 582 g/mol. The second kappa shape index (κ2) is 11.3. The molecule has 0 unspecified atom stereocenters. The molecule has 4 atom stereocenters. The van der Waals surface area contributed by atoms with Crippen molar-refractivity contribution in [2.24, 2.45) is 5.92 Å². The predicted molar refractivity (Wildman–Crippen MR) is 157 cm³/mol. The van der Waals surface area contributed by atoms with Crippen LogP contribution in [0.25, 0.3) is 0 Å². The van der Waals surface area contributed by atoms with Crippen molar-refractivity contribution in [2.45, 2.75) is 82.3 Å². The fraction of sp³-hybridized carbons (Fsp3) is 0.533. The third kappa shape index (κ3) is 5.20. The zero-order valence-corrected chi connectivity index (χ0v) is 24.9. The predicted octanol–water partition coefficient (Wildman–Crippen LogP) is 4.62. The maximum Gasteiger partial charge on any atom is 0.269 e. The molecule has 2 aromatic rings. The van der Waals surface area contributed by atoms with E-state index >= 15 is 0 Å². The van der Waals surface area contributed by atoms with E-state index in [9.17, 15) is 29.6 Å². The second-order valence-corrected chi connectivity index (χ2v) is 16.1. The van der Waals surface area contributed by atoms with E-state index in [2.05, 4.69) is 0 Å². The molecule has 220 valence electrons. The van der Waals surface area contributed by atoms with Gasteiger partial charge in [0, 0.05) is 54.4 Å². The molecule has 2 saturated heterocycles. The van der Waals surface area contributed by atoms with E-state index < -0.39 is 30.9 Å². The molecule has 10 nitrogen and oxygen atoms in total. The quantitative estimate of drug-likeness (QED) is 0.277. The maximum atomic E-state index is 14.5. The summed E-state index contributed by atoms with van der Waals surface area (Å²) in [6.45, 7) is 6.13. The number of hydrogen-bond acceptors (Lipinski definition) is 7. The van der Waals surface area contributed by atoms with E-state index in [0.29, 0.717) is 24.2 Å². The zero-order chi connectivity index (χ0) is 29.5. The summed E-state index contributed by atoms with van der Waals surface area (Å²) in [6.07, 6.45) is 4.15. The number of nitro groups is 1. The Morgan fingerprint density at radius 3 is 2.59 bits per heavy atom. The molecule has 0 saturated carbocycles. The fourth-order valence-electron chi connectivity index (χ4n) is 7.17. The van der Waals surface area contributed by atoms with Gasteiger partial charge in [-0.2, -0.15) is 0 Å². The van der Waals surface area contributed by atoms with Gasteiger partial charge in [0.2, 0.25) is 5.91 Å². The van der Waals surface area contributed by atoms with E-state index in [1.807, 2.05) is 36.1 Å². The van der Waals surface area contributed by atoms with Crippen LogP contribution in [0.1, 0.15) is 56.6 Å². The lowest BCUT2D eigenvalue weighted by molar-refractivity contribution is -0.385. The highest BCUT2D eigenvalue weighted by molar-refractivity contribution is 6.71. The number of aliphatic hydroxyl groups is 1. The van der Waals surface area contributed by atoms with Gasteiger partial charge in [-0.1, -0.05) is 31.9 Å². The fourth-order valence-corrected chi connectivity index (χ4v) is 9.77. The van der Waals surface area contributed by atoms with Crippen molar-refractivity contribution in [3.05, 3.63) is 63.7 Å². The van der Waals surface area contributed by atoms with Crippen LogP contribution in [0, 0.1) is 16.0 Å². The first-order valence-corrected chi connectivity index (χ1v) is 17.5. The van der Waals surface area contributed by atoms with Crippen molar-refractivity contribution in [2.75, 3.05) is 23.0 Å². The minimum Gasteiger partial charge on any atom is -0.432 e. The van der Waals surface area contributed by atoms with Crippen molar-refractivity contribution < 1.29 is 29.2 Å². The molecule has 5 rings (SSSR count). The van der Waals surface area contributed by atoms with Gasteiger partial charge in [0.1, 0.15) is 0 Å². The largest absolute Gasteiger partial charge is 0.432 e. The van der Waals surface area contributed by atoms with Gasteiger partial charge in [-0.25, -0.2) is 0 Å². The van der Waals surface area contributed by atoms with Crippen LogP contribution in [0.3, 0.4) is 0 Å². The third-order valence-corrected chi connectivity index (χ3v) is 11.5. The molecule has 11 heteroatoms. The Hall–Kier alpha value is -3.12. The maximum absolute atomic E-state index is 14.5. The van der Waals surface area contributed by atoms with Gasteiger partial charge >= 0.3 is 0 Å². The molecule has 2 aromatic carbocycles. The number of benzene rings is 2. The molecule has 1 spiro atoms. The monoisotopic (exact) mass is 581 g/mol. The molecular weight excluding hydrogens is 542 g/mol. The lowest BCUT2D eigenvalue weighted by atomic mass is 9.82. The van der Waals surface area contributed by atoms with Gasteiger partial charge in [-0.3, -0.25) is 19.7 Å². The number of hydrogen-bond donors (Lipinski definition) is 2. The number of ether oxygens (including phenoxy) is 1. The van der Waals surface area contributed by atoms with Crippen LogP contribution in [-0.4, -0.2) is 54.2 Å². The normalized spacial score (nSPS) is 26.8. The Balaban J connectivity index is 1.55. The first kappa shape index (κ1) is 29.4. The molecule has 3 aliphatic rings. The number of anilines is 2. The minimum atomic E-state index is -2.88. The van der Waals surface area contributed by atoms with E-state index in [-0.39, 0.29) is 42.6 Å². The lowest BCUT2D eigenvalue weighted by Crippen LogP contribution is -2.46. The summed E-state index contributed by atoms with van der Waals surface area (Å²) >= 11 is 0. The highest BCUT2D eigenvalue weighted by atomic mass is 28.4. The molecule has 3 aliphatic heterocycles. The summed E-state index contributed by atoms with van der Waals surface area (Å²) in [4.78, 5) is 53.3. The van der Waals surface area contributed by atoms with Gasteiger partial charge < -0.3 is 24.4 Å². The molecule has 2 fully saturated rings. The van der Waals surface area contributed by atoms with E-state index in [1.54, 1.807) is 24.1 Å². The number of nitrogens with zero attached hydrogens (tertiary/aromatic N) is 3. The van der Waals surface area contributed by atoms with Crippen LogP contribution in [0.5, 0.6) is 0 Å². The van der Waals surface area contributed by atoms with Crippen LogP contribution in [0.15, 0.2) is 42.5 Å². The van der Waals surface area contributed by atoms with Gasteiger partial charge in [-0.15, -0.1) is 0 Å². The summed E-state index contributed by atoms with van der Waals surface area (Å²) in [5.41, 5.74) is 0.527. The number of amides is 2. The highest BCUT2D eigenvalue weighted by Crippen LogP contribution is 2.60. The van der Waals surface area contributed by atoms with Crippen LogP contribution < -0.4 is 9.80 Å². The second-order valence-electron chi connectivity index (χ2n) is 12.1. The van der Waals surface area contributed by atoms with Crippen LogP contribution in [0.2, 0.25) is 18.6 Å². The summed E-state index contributed by atoms with van der Waals surface area (Å²) in [5, 5.41) is 21.5. The molecular formula is C30H39N3O7Si. The third-order valence-electron chi connectivity index (χ3n) is 8.98. The number of fused-ring (bicyclic) bond motifs is 2. The Morgan fingerprint density at radius 1 is 1.12 bits per heavy atom. The molecule has 0 bridgehead atoms. The van der Waals surface area contributed by atoms with Gasteiger partial charge in [0.15, 0.2) is 13.9 Å². The Labute approximate surface area is 241 Å². The number of non-ortho nitro benzene ring substituents is 1. The Kier molecular flexibility index (Phi) is 8.08. The first-order chi connectivity index (χ1) is 19.5. The van der Waals surface area contributed by atoms with E-state index in [1.165, 1.54) is 12.1 Å². The molecule has 2 N–H and O–H groups in total. The summed E-state index contributed by atoms with van der Waals surface area (Å²) in [7, 11) is -2.88. The van der Waals surface area contributed by atoms with Gasteiger partial charge in [0.05, 0.1) is 23.3 Å². The molecule has 0 radical (unpaired) electrons. The standard InChI is InChI=1S/C30H39N3O7Si/c1-20-28(41(2,3)39)26(14-16-34)40-30(20)24-18-23(33(37)38)12-13-25(24)32(29(30)36)19-21-9-8-10-22(17-21)31-15-7-5-4-6-11-27(31)35/h8-10,12-13,17-18,20,26,28,34,39H,4-7,11,14-16,19H2,1-3H3/t20-,26+,28-,30+/m1/s1. The van der Waals surface area contributed by atoms with Crippen LogP contribution in [-0.2, 0) is 26.5 Å². The van der Waals surface area contributed by atoms with Crippen molar-refractivity contribution >= 4 is 37.2 Å². The van der Waals surface area contributed by atoms with Crippen LogP contribution >= 0.6 is 0 Å². The van der Waals surface area contributed by atoms with Crippen molar-refractivity contribution in [3.63, 3.8) is 0 Å². The van der Waals surface area contributed by atoms with Crippen molar-refractivity contribution in [1.82, 2.24) is 0 Å². The molecule has 0 aromatic heterocycles. The summed E-state index contributed by atoms with van der Waals surface area (Å²) in [6, 6.07) is 12.0. The Bertz CT molecular complexity index is 1350. The number of nitro benzene ring substituents is 1. The van der Waals surface area contributed by atoms with E-state index in [0.717, 1.165) is 36.9 Å². The summed E-state index contributed by atoms with van der Waals surface area (Å²) < 4.78 is 6.55. The SMILES string of the molecule is C[C@@H]1[C@@H]([Si](C)(C)O)[C@H](CCO)O[C@@]12C(=O)N(Cc1cccc(N3CCCCCCC3=O)c1)c1ccc([N+](=O)[O-])cc12. The average Bonchev–Trinajstić information content (AvgIpc) is 3.33. The smallest absolute Gasteiger partial charge is 0.269 e. The number of carbonyl (C=O) groups excluding carboxylic acids is 2. The summed E-state index contributed by atoms with van der Waals surface area (Å²) in [5.74, 6) is -0.716. The first-order valence-electron chi connectivity index (χ1n) is 14.5. The molecule has 41 heavy (non-hydrogen) atoms. The van der Waals surface area contributed by atoms with Gasteiger partial charge in [0.25, 0.3) is 11.6 Å². The lowest BCUT2D eigenvalue weighted by Gasteiger charge is -2.32. The topological polar surface area (TPSA) is 133 Å². The number of rotatable bonds is 7. The molecule has 2 amide bonds. The Morgan fingerprint density at radius 2 is 1.88 bits per heavy atom. The van der Waals surface area contributed by atoms with E-state index in [4.69, 9.17) is 4.74 Å². The van der Waals surface area contributed by atoms with Crippen molar-refractivity contribution in [3.8, 4) is 0 Å².